The van der Waals surface area contributed by atoms with Gasteiger partial charge in [0, 0.05) is 43.4 Å². The van der Waals surface area contributed by atoms with Gasteiger partial charge in [0.1, 0.15) is 0 Å². The number of likely N-dealkylation sites (N-methyl/N-ethyl adjacent to an activating group) is 1. The van der Waals surface area contributed by atoms with Crippen molar-refractivity contribution in [2.45, 2.75) is 59.3 Å². The van der Waals surface area contributed by atoms with Gasteiger partial charge in [0.05, 0.1) is 0 Å². The van der Waals surface area contributed by atoms with Crippen LogP contribution in [0.3, 0.4) is 0 Å². The van der Waals surface area contributed by atoms with Crippen molar-refractivity contribution in [2.75, 3.05) is 25.0 Å². The molecule has 0 saturated carbocycles. The van der Waals surface area contributed by atoms with Crippen LogP contribution in [-0.4, -0.2) is 43.2 Å². The standard InChI is InChI=1S/C18H31N3/c1-13(2)19-10-17-9-14(3)7-8-18(17)21-11-15(4)20(6)16(5)12-21/h7-9,13,15-16,19H,10-12H2,1-6H3. The maximum absolute atomic E-state index is 3.56. The lowest BCUT2D eigenvalue weighted by Crippen LogP contribution is -2.55. The zero-order chi connectivity index (χ0) is 15.6. The van der Waals surface area contributed by atoms with Crippen molar-refractivity contribution in [3.05, 3.63) is 29.3 Å². The summed E-state index contributed by atoms with van der Waals surface area (Å²) in [6.45, 7) is 14.4. The van der Waals surface area contributed by atoms with E-state index in [0.717, 1.165) is 19.6 Å². The highest BCUT2D eigenvalue weighted by Gasteiger charge is 2.27. The molecule has 21 heavy (non-hydrogen) atoms. The molecule has 0 aromatic heterocycles. The molecule has 0 aliphatic carbocycles. The smallest absolute Gasteiger partial charge is 0.0413 e. The average molecular weight is 289 g/mol. The van der Waals surface area contributed by atoms with Crippen LogP contribution in [0.15, 0.2) is 18.2 Å². The Balaban J connectivity index is 2.22. The molecule has 0 spiro atoms. The van der Waals surface area contributed by atoms with Gasteiger partial charge < -0.3 is 10.2 Å². The van der Waals surface area contributed by atoms with Gasteiger partial charge in [-0.15, -0.1) is 0 Å². The quantitative estimate of drug-likeness (QED) is 0.919. The van der Waals surface area contributed by atoms with Crippen molar-refractivity contribution in [2.24, 2.45) is 0 Å². The first-order chi connectivity index (χ1) is 9.88. The third-order valence-corrected chi connectivity index (χ3v) is 4.64. The molecular formula is C18H31N3. The van der Waals surface area contributed by atoms with Crippen molar-refractivity contribution < 1.29 is 0 Å². The van der Waals surface area contributed by atoms with Crippen LogP contribution in [0.1, 0.15) is 38.8 Å². The average Bonchev–Trinajstić information content (AvgIpc) is 2.42. The molecule has 1 saturated heterocycles. The van der Waals surface area contributed by atoms with E-state index in [1.165, 1.54) is 16.8 Å². The minimum Gasteiger partial charge on any atom is -0.368 e. The summed E-state index contributed by atoms with van der Waals surface area (Å²) in [5.41, 5.74) is 4.17. The van der Waals surface area contributed by atoms with E-state index in [4.69, 9.17) is 0 Å². The van der Waals surface area contributed by atoms with Gasteiger partial charge in [-0.1, -0.05) is 31.5 Å². The van der Waals surface area contributed by atoms with Gasteiger partial charge in [0.25, 0.3) is 0 Å². The van der Waals surface area contributed by atoms with Gasteiger partial charge in [-0.3, -0.25) is 4.90 Å². The Morgan fingerprint density at radius 3 is 2.38 bits per heavy atom. The molecule has 1 aliphatic rings. The highest BCUT2D eigenvalue weighted by atomic mass is 15.3. The Kier molecular flexibility index (Phi) is 5.28. The zero-order valence-corrected chi connectivity index (χ0v) is 14.5. The fourth-order valence-electron chi connectivity index (χ4n) is 3.08. The molecular weight excluding hydrogens is 258 g/mol. The molecule has 2 unspecified atom stereocenters. The summed E-state index contributed by atoms with van der Waals surface area (Å²) in [5, 5.41) is 3.56. The van der Waals surface area contributed by atoms with Gasteiger partial charge in [0.15, 0.2) is 0 Å². The molecule has 1 aromatic rings. The maximum Gasteiger partial charge on any atom is 0.0413 e. The minimum atomic E-state index is 0.517. The number of rotatable bonds is 4. The molecule has 1 fully saturated rings. The maximum atomic E-state index is 3.56. The topological polar surface area (TPSA) is 18.5 Å². The summed E-state index contributed by atoms with van der Waals surface area (Å²) < 4.78 is 0. The number of nitrogens with one attached hydrogen (secondary N) is 1. The first kappa shape index (κ1) is 16.3. The summed E-state index contributed by atoms with van der Waals surface area (Å²) in [6, 6.07) is 8.59. The largest absolute Gasteiger partial charge is 0.368 e. The fourth-order valence-corrected chi connectivity index (χ4v) is 3.08. The Morgan fingerprint density at radius 2 is 1.81 bits per heavy atom. The minimum absolute atomic E-state index is 0.517. The lowest BCUT2D eigenvalue weighted by atomic mass is 10.0. The molecule has 0 amide bonds. The third-order valence-electron chi connectivity index (χ3n) is 4.64. The number of benzene rings is 1. The lowest BCUT2D eigenvalue weighted by molar-refractivity contribution is 0.170. The van der Waals surface area contributed by atoms with Gasteiger partial charge >= 0.3 is 0 Å². The number of anilines is 1. The number of nitrogens with zero attached hydrogens (tertiary/aromatic N) is 2. The Bertz CT molecular complexity index is 458. The second-order valence-electron chi connectivity index (χ2n) is 6.94. The Labute approximate surface area is 130 Å². The van der Waals surface area contributed by atoms with Crippen molar-refractivity contribution >= 4 is 5.69 Å². The summed E-state index contributed by atoms with van der Waals surface area (Å²) >= 11 is 0. The second-order valence-corrected chi connectivity index (χ2v) is 6.94. The van der Waals surface area contributed by atoms with Gasteiger partial charge in [0.2, 0.25) is 0 Å². The van der Waals surface area contributed by atoms with Crippen LogP contribution in [0.5, 0.6) is 0 Å². The van der Waals surface area contributed by atoms with Crippen molar-refractivity contribution in [1.82, 2.24) is 10.2 Å². The van der Waals surface area contributed by atoms with E-state index >= 15 is 0 Å². The van der Waals surface area contributed by atoms with E-state index < -0.39 is 0 Å². The number of hydrogen-bond acceptors (Lipinski definition) is 3. The molecule has 1 aromatic carbocycles. The Morgan fingerprint density at radius 1 is 1.19 bits per heavy atom. The van der Waals surface area contributed by atoms with E-state index in [0.29, 0.717) is 18.1 Å². The first-order valence-corrected chi connectivity index (χ1v) is 8.18. The van der Waals surface area contributed by atoms with Crippen molar-refractivity contribution in [1.29, 1.82) is 0 Å². The van der Waals surface area contributed by atoms with Crippen LogP contribution in [0.25, 0.3) is 0 Å². The number of hydrogen-bond donors (Lipinski definition) is 1. The van der Waals surface area contributed by atoms with Gasteiger partial charge in [-0.05, 0) is 39.4 Å². The molecule has 3 heteroatoms. The van der Waals surface area contributed by atoms with Crippen LogP contribution in [0.4, 0.5) is 5.69 Å². The number of piperazine rings is 1. The first-order valence-electron chi connectivity index (χ1n) is 8.18. The Hall–Kier alpha value is -1.06. The molecule has 0 bridgehead atoms. The summed E-state index contributed by atoms with van der Waals surface area (Å²) in [7, 11) is 2.24. The van der Waals surface area contributed by atoms with E-state index in [1.54, 1.807) is 0 Å². The molecule has 2 atom stereocenters. The van der Waals surface area contributed by atoms with Crippen LogP contribution >= 0.6 is 0 Å². The van der Waals surface area contributed by atoms with E-state index in [2.05, 4.69) is 75.0 Å². The second kappa shape index (κ2) is 6.80. The summed E-state index contributed by atoms with van der Waals surface area (Å²) in [6.07, 6.45) is 0. The van der Waals surface area contributed by atoms with Crippen molar-refractivity contribution in [3.8, 4) is 0 Å². The molecule has 3 nitrogen and oxygen atoms in total. The van der Waals surface area contributed by atoms with E-state index in [9.17, 15) is 0 Å². The van der Waals surface area contributed by atoms with Crippen molar-refractivity contribution in [3.63, 3.8) is 0 Å². The van der Waals surface area contributed by atoms with Crippen LogP contribution in [0, 0.1) is 6.92 Å². The predicted molar refractivity (Wildman–Crippen MR) is 92.1 cm³/mol. The third kappa shape index (κ3) is 3.98. The van der Waals surface area contributed by atoms with E-state index in [1.807, 2.05) is 0 Å². The molecule has 118 valence electrons. The molecule has 2 rings (SSSR count). The zero-order valence-electron chi connectivity index (χ0n) is 14.5. The normalized spacial score (nSPS) is 23.9. The summed E-state index contributed by atoms with van der Waals surface area (Å²) in [5.74, 6) is 0. The fraction of sp³-hybridized carbons (Fsp3) is 0.667. The molecule has 0 radical (unpaired) electrons. The predicted octanol–water partition coefficient (Wildman–Crippen LogP) is 3.02. The van der Waals surface area contributed by atoms with Gasteiger partial charge in [-0.25, -0.2) is 0 Å². The molecule has 1 aliphatic heterocycles. The number of aryl methyl sites for hydroxylation is 1. The molecule has 1 N–H and O–H groups in total. The summed E-state index contributed by atoms with van der Waals surface area (Å²) in [4.78, 5) is 5.04. The van der Waals surface area contributed by atoms with Crippen LogP contribution in [0.2, 0.25) is 0 Å². The highest BCUT2D eigenvalue weighted by molar-refractivity contribution is 5.55. The van der Waals surface area contributed by atoms with Crippen LogP contribution < -0.4 is 10.2 Å². The van der Waals surface area contributed by atoms with Crippen LogP contribution in [-0.2, 0) is 6.54 Å². The molecule has 1 heterocycles. The van der Waals surface area contributed by atoms with Gasteiger partial charge in [-0.2, -0.15) is 0 Å². The van der Waals surface area contributed by atoms with E-state index in [-0.39, 0.29) is 0 Å². The SMILES string of the molecule is Cc1ccc(N2CC(C)N(C)C(C)C2)c(CNC(C)C)c1. The highest BCUT2D eigenvalue weighted by Crippen LogP contribution is 2.26. The monoisotopic (exact) mass is 289 g/mol. The lowest BCUT2D eigenvalue weighted by Gasteiger charge is -2.44.